The minimum absolute atomic E-state index is 0.0322. The highest BCUT2D eigenvalue weighted by molar-refractivity contribution is 6.30. The SMILES string of the molecule is CCNC(=O)CN(C)C(=O)CC[C@@H](C=O)NC(=O)[C@H](CC1CCCCC1)N(Cc1cccc(Cl)c1)C(=O)O. The van der Waals surface area contributed by atoms with Gasteiger partial charge in [0.05, 0.1) is 12.6 Å². The molecule has 0 aliphatic heterocycles. The molecular formula is C27H39ClN4O6. The summed E-state index contributed by atoms with van der Waals surface area (Å²) in [5.41, 5.74) is 0.647. The fraction of sp³-hybridized carbons (Fsp3) is 0.593. The number of carbonyl (C=O) groups is 5. The monoisotopic (exact) mass is 550 g/mol. The van der Waals surface area contributed by atoms with E-state index in [1.807, 2.05) is 0 Å². The lowest BCUT2D eigenvalue weighted by molar-refractivity contribution is -0.135. The van der Waals surface area contributed by atoms with Crippen LogP contribution in [0, 0.1) is 5.92 Å². The van der Waals surface area contributed by atoms with Crippen LogP contribution >= 0.6 is 11.6 Å². The number of hydrogen-bond acceptors (Lipinski definition) is 5. The highest BCUT2D eigenvalue weighted by Gasteiger charge is 2.34. The molecule has 11 heteroatoms. The molecule has 0 radical (unpaired) electrons. The molecule has 4 amide bonds. The second-order valence-electron chi connectivity index (χ2n) is 9.79. The third kappa shape index (κ3) is 10.3. The van der Waals surface area contributed by atoms with Gasteiger partial charge in [0.2, 0.25) is 17.7 Å². The third-order valence-electron chi connectivity index (χ3n) is 6.79. The van der Waals surface area contributed by atoms with E-state index in [1.54, 1.807) is 31.2 Å². The van der Waals surface area contributed by atoms with Crippen molar-refractivity contribution in [2.45, 2.75) is 76.9 Å². The molecule has 210 valence electrons. The molecule has 1 aromatic rings. The molecule has 0 heterocycles. The normalized spacial score (nSPS) is 15.1. The van der Waals surface area contributed by atoms with Gasteiger partial charge in [-0.05, 0) is 43.4 Å². The molecule has 0 aromatic heterocycles. The minimum Gasteiger partial charge on any atom is -0.465 e. The van der Waals surface area contributed by atoms with Crippen molar-refractivity contribution < 1.29 is 29.1 Å². The largest absolute Gasteiger partial charge is 0.465 e. The van der Waals surface area contributed by atoms with Gasteiger partial charge in [-0.15, -0.1) is 0 Å². The van der Waals surface area contributed by atoms with Gasteiger partial charge in [-0.3, -0.25) is 19.3 Å². The molecule has 38 heavy (non-hydrogen) atoms. The van der Waals surface area contributed by atoms with Crippen molar-refractivity contribution in [3.8, 4) is 0 Å². The molecular weight excluding hydrogens is 512 g/mol. The van der Waals surface area contributed by atoms with Crippen LogP contribution in [0.4, 0.5) is 4.79 Å². The summed E-state index contributed by atoms with van der Waals surface area (Å²) in [6.07, 6.45) is 4.64. The lowest BCUT2D eigenvalue weighted by Gasteiger charge is -2.33. The summed E-state index contributed by atoms with van der Waals surface area (Å²) in [5, 5.41) is 15.8. The van der Waals surface area contributed by atoms with Gasteiger partial charge in [0.1, 0.15) is 12.3 Å². The molecule has 1 saturated carbocycles. The van der Waals surface area contributed by atoms with Crippen molar-refractivity contribution in [2.75, 3.05) is 20.1 Å². The fourth-order valence-corrected chi connectivity index (χ4v) is 4.95. The maximum atomic E-state index is 13.4. The van der Waals surface area contributed by atoms with E-state index in [1.165, 1.54) is 11.9 Å². The zero-order valence-corrected chi connectivity index (χ0v) is 22.9. The lowest BCUT2D eigenvalue weighted by atomic mass is 9.84. The summed E-state index contributed by atoms with van der Waals surface area (Å²) in [6, 6.07) is 4.83. The summed E-state index contributed by atoms with van der Waals surface area (Å²) in [4.78, 5) is 64.1. The Morgan fingerprint density at radius 2 is 1.89 bits per heavy atom. The van der Waals surface area contributed by atoms with Crippen molar-refractivity contribution in [1.29, 1.82) is 0 Å². The second kappa shape index (κ2) is 16.0. The number of carbonyl (C=O) groups excluding carboxylic acids is 4. The number of aldehydes is 1. The number of likely N-dealkylation sites (N-methyl/N-ethyl adjacent to an activating group) is 2. The van der Waals surface area contributed by atoms with E-state index >= 15 is 0 Å². The van der Waals surface area contributed by atoms with Crippen LogP contribution in [-0.2, 0) is 25.7 Å². The Bertz CT molecular complexity index is 969. The zero-order chi connectivity index (χ0) is 28.1. The first-order chi connectivity index (χ1) is 18.1. The number of nitrogens with zero attached hydrogens (tertiary/aromatic N) is 2. The Morgan fingerprint density at radius 3 is 2.50 bits per heavy atom. The van der Waals surface area contributed by atoms with Crippen LogP contribution < -0.4 is 10.6 Å². The average molecular weight is 551 g/mol. The van der Waals surface area contributed by atoms with Gasteiger partial charge in [0, 0.05) is 31.6 Å². The number of carboxylic acid groups (broad SMARTS) is 1. The predicted molar refractivity (Wildman–Crippen MR) is 144 cm³/mol. The Kier molecular flexibility index (Phi) is 13.1. The first-order valence-electron chi connectivity index (χ1n) is 13.1. The number of halogens is 1. The zero-order valence-electron chi connectivity index (χ0n) is 22.2. The third-order valence-corrected chi connectivity index (χ3v) is 7.02. The van der Waals surface area contributed by atoms with Crippen molar-refractivity contribution >= 4 is 41.7 Å². The molecule has 1 aromatic carbocycles. The van der Waals surface area contributed by atoms with Gasteiger partial charge >= 0.3 is 6.09 Å². The van der Waals surface area contributed by atoms with Crippen LogP contribution in [0.1, 0.15) is 63.9 Å². The maximum Gasteiger partial charge on any atom is 0.408 e. The minimum atomic E-state index is -1.24. The standard InChI is InChI=1S/C27H39ClN4O6/c1-3-29-24(34)17-31(2)25(35)13-12-22(18-33)30-26(36)23(15-19-8-5-4-6-9-19)32(27(37)38)16-20-10-7-11-21(28)14-20/h7,10-11,14,18-19,22-23H,3-6,8-9,12-13,15-17H2,1-2H3,(H,29,34)(H,30,36)(H,37,38)/t22-,23-/m0/s1. The Balaban J connectivity index is 2.12. The average Bonchev–Trinajstić information content (AvgIpc) is 2.88. The number of amides is 4. The molecule has 2 rings (SSSR count). The van der Waals surface area contributed by atoms with Crippen molar-refractivity contribution in [2.24, 2.45) is 5.92 Å². The van der Waals surface area contributed by atoms with Crippen LogP contribution in [0.25, 0.3) is 0 Å². The molecule has 3 N–H and O–H groups in total. The quantitative estimate of drug-likeness (QED) is 0.304. The van der Waals surface area contributed by atoms with E-state index < -0.39 is 24.1 Å². The van der Waals surface area contributed by atoms with Gasteiger partial charge in [0.15, 0.2) is 0 Å². The molecule has 10 nitrogen and oxygen atoms in total. The number of hydrogen-bond donors (Lipinski definition) is 3. The maximum absolute atomic E-state index is 13.4. The van der Waals surface area contributed by atoms with Crippen molar-refractivity contribution in [3.63, 3.8) is 0 Å². The highest BCUT2D eigenvalue weighted by atomic mass is 35.5. The van der Waals surface area contributed by atoms with Crippen LogP contribution in [0.3, 0.4) is 0 Å². The molecule has 1 aliphatic carbocycles. The van der Waals surface area contributed by atoms with Crippen molar-refractivity contribution in [1.82, 2.24) is 20.4 Å². The molecule has 1 aliphatic rings. The molecule has 0 bridgehead atoms. The summed E-state index contributed by atoms with van der Waals surface area (Å²) in [5.74, 6) is -1.01. The van der Waals surface area contributed by atoms with Crippen molar-refractivity contribution in [3.05, 3.63) is 34.9 Å². The van der Waals surface area contributed by atoms with Gasteiger partial charge in [-0.25, -0.2) is 4.79 Å². The van der Waals surface area contributed by atoms with Gasteiger partial charge < -0.3 is 25.4 Å². The number of rotatable bonds is 14. The molecule has 1 fully saturated rings. The van der Waals surface area contributed by atoms with E-state index in [2.05, 4.69) is 10.6 Å². The first kappa shape index (κ1) is 31.1. The summed E-state index contributed by atoms with van der Waals surface area (Å²) < 4.78 is 0. The highest BCUT2D eigenvalue weighted by Crippen LogP contribution is 2.29. The van der Waals surface area contributed by atoms with E-state index in [-0.39, 0.29) is 43.7 Å². The summed E-state index contributed by atoms with van der Waals surface area (Å²) in [7, 11) is 1.49. The van der Waals surface area contributed by atoms with Crippen LogP contribution in [0.5, 0.6) is 0 Å². The Labute approximate surface area is 229 Å². The van der Waals surface area contributed by atoms with Crippen LogP contribution in [0.15, 0.2) is 24.3 Å². The van der Waals surface area contributed by atoms with Crippen LogP contribution in [0.2, 0.25) is 5.02 Å². The van der Waals surface area contributed by atoms with E-state index in [0.29, 0.717) is 29.8 Å². The lowest BCUT2D eigenvalue weighted by Crippen LogP contribution is -2.52. The van der Waals surface area contributed by atoms with Crippen LogP contribution in [-0.4, -0.2) is 77.2 Å². The Hall–Kier alpha value is -3.14. The molecule has 0 saturated heterocycles. The van der Waals surface area contributed by atoms with Gasteiger partial charge in [0.25, 0.3) is 0 Å². The second-order valence-corrected chi connectivity index (χ2v) is 10.2. The van der Waals surface area contributed by atoms with Gasteiger partial charge in [-0.2, -0.15) is 0 Å². The topological polar surface area (TPSA) is 136 Å². The summed E-state index contributed by atoms with van der Waals surface area (Å²) in [6.45, 7) is 2.09. The molecule has 0 spiro atoms. The van der Waals surface area contributed by atoms with Gasteiger partial charge in [-0.1, -0.05) is 55.8 Å². The molecule has 2 atom stereocenters. The predicted octanol–water partition coefficient (Wildman–Crippen LogP) is 3.22. The smallest absolute Gasteiger partial charge is 0.408 e. The van der Waals surface area contributed by atoms with E-state index in [9.17, 15) is 29.1 Å². The summed E-state index contributed by atoms with van der Waals surface area (Å²) >= 11 is 6.08. The molecule has 0 unspecified atom stereocenters. The number of nitrogens with one attached hydrogen (secondary N) is 2. The Morgan fingerprint density at radius 1 is 1.18 bits per heavy atom. The fourth-order valence-electron chi connectivity index (χ4n) is 4.74. The number of benzene rings is 1. The first-order valence-corrected chi connectivity index (χ1v) is 13.5. The van der Waals surface area contributed by atoms with E-state index in [0.717, 1.165) is 37.0 Å². The van der Waals surface area contributed by atoms with E-state index in [4.69, 9.17) is 11.6 Å².